The van der Waals surface area contributed by atoms with Crippen LogP contribution in [0.25, 0.3) is 0 Å². The van der Waals surface area contributed by atoms with Gasteiger partial charge in [0.1, 0.15) is 0 Å². The molecule has 0 amide bonds. The summed E-state index contributed by atoms with van der Waals surface area (Å²) in [7, 11) is 5.51. The molecule has 1 unspecified atom stereocenters. The van der Waals surface area contributed by atoms with Crippen LogP contribution in [0.15, 0.2) is 59.7 Å². The molecule has 0 radical (unpaired) electrons. The lowest BCUT2D eigenvalue weighted by molar-refractivity contribution is 0.0513. The maximum atomic E-state index is 11.7. The molecule has 0 N–H and O–H groups in total. The van der Waals surface area contributed by atoms with Gasteiger partial charge in [0, 0.05) is 25.1 Å². The fraction of sp³-hybridized carbons (Fsp3) is 0.440. The first kappa shape index (κ1) is 23.8. The largest absolute Gasteiger partial charge is 0.465 e. The van der Waals surface area contributed by atoms with Gasteiger partial charge in [0.25, 0.3) is 0 Å². The van der Waals surface area contributed by atoms with Crippen LogP contribution in [0.5, 0.6) is 0 Å². The van der Waals surface area contributed by atoms with Crippen LogP contribution in [0.1, 0.15) is 47.0 Å². The lowest BCUT2D eigenvalue weighted by Gasteiger charge is -2.23. The smallest absolute Gasteiger partial charge is 0.337 e. The molecule has 2 aromatic rings. The van der Waals surface area contributed by atoms with Gasteiger partial charge < -0.3 is 19.1 Å². The average molecular weight is 440 g/mol. The first-order valence-electron chi connectivity index (χ1n) is 11.0. The predicted molar refractivity (Wildman–Crippen MR) is 124 cm³/mol. The second kappa shape index (κ2) is 12.2. The van der Waals surface area contributed by atoms with Gasteiger partial charge in [0.2, 0.25) is 12.1 Å². The highest BCUT2D eigenvalue weighted by atomic mass is 16.5. The first-order chi connectivity index (χ1) is 15.6. The Labute approximate surface area is 190 Å². The van der Waals surface area contributed by atoms with Crippen molar-refractivity contribution in [1.82, 2.24) is 9.91 Å². The Hall–Kier alpha value is -2.90. The van der Waals surface area contributed by atoms with Gasteiger partial charge in [-0.3, -0.25) is 5.01 Å². The molecular weight excluding hydrogens is 406 g/mol. The predicted octanol–water partition coefficient (Wildman–Crippen LogP) is 4.07. The minimum Gasteiger partial charge on any atom is -0.465 e. The van der Waals surface area contributed by atoms with Crippen molar-refractivity contribution in [2.45, 2.75) is 32.1 Å². The molecular formula is C25H33N3O4. The van der Waals surface area contributed by atoms with E-state index in [9.17, 15) is 4.79 Å². The van der Waals surface area contributed by atoms with Gasteiger partial charge in [0.05, 0.1) is 19.3 Å². The van der Waals surface area contributed by atoms with E-state index in [0.29, 0.717) is 18.8 Å². The van der Waals surface area contributed by atoms with E-state index in [1.807, 2.05) is 35.3 Å². The summed E-state index contributed by atoms with van der Waals surface area (Å²) in [6.45, 7) is 3.02. The average Bonchev–Trinajstić information content (AvgIpc) is 3.21. The molecule has 32 heavy (non-hydrogen) atoms. The number of esters is 1. The van der Waals surface area contributed by atoms with Gasteiger partial charge in [-0.2, -0.15) is 0 Å². The van der Waals surface area contributed by atoms with Crippen molar-refractivity contribution >= 4 is 11.9 Å². The summed E-state index contributed by atoms with van der Waals surface area (Å²) in [5.74, 6) is 0.374. The highest BCUT2D eigenvalue weighted by Gasteiger charge is 2.29. The van der Waals surface area contributed by atoms with Gasteiger partial charge in [-0.1, -0.05) is 42.5 Å². The summed E-state index contributed by atoms with van der Waals surface area (Å²) in [4.78, 5) is 13.9. The molecule has 0 aromatic heterocycles. The quantitative estimate of drug-likeness (QED) is 0.367. The van der Waals surface area contributed by atoms with E-state index in [1.165, 1.54) is 12.7 Å². The number of nitrogens with zero attached hydrogens (tertiary/aromatic N) is 3. The molecule has 0 saturated carbocycles. The molecule has 0 aliphatic carbocycles. The number of carbonyl (C=O) groups is 1. The number of hydrogen-bond acceptors (Lipinski definition) is 7. The fourth-order valence-electron chi connectivity index (χ4n) is 3.47. The summed E-state index contributed by atoms with van der Waals surface area (Å²) in [6.07, 6.45) is 2.24. The number of carbonyl (C=O) groups excluding carboxylic acids is 1. The van der Waals surface area contributed by atoms with Crippen LogP contribution in [-0.4, -0.2) is 62.7 Å². The van der Waals surface area contributed by atoms with Gasteiger partial charge in [-0.25, -0.2) is 4.79 Å². The van der Waals surface area contributed by atoms with Crippen molar-refractivity contribution < 1.29 is 19.0 Å². The van der Waals surface area contributed by atoms with Crippen LogP contribution < -0.4 is 0 Å². The summed E-state index contributed by atoms with van der Waals surface area (Å²) < 4.78 is 16.8. The van der Waals surface area contributed by atoms with Crippen molar-refractivity contribution in [3.8, 4) is 0 Å². The van der Waals surface area contributed by atoms with Crippen molar-refractivity contribution in [1.29, 1.82) is 0 Å². The second-order valence-corrected chi connectivity index (χ2v) is 8.04. The maximum absolute atomic E-state index is 11.7. The number of rotatable bonds is 12. The van der Waals surface area contributed by atoms with Crippen LogP contribution in [0.2, 0.25) is 0 Å². The number of methoxy groups -OCH3 is 1. The molecule has 1 aliphatic rings. The Morgan fingerprint density at radius 3 is 2.53 bits per heavy atom. The van der Waals surface area contributed by atoms with Crippen LogP contribution in [0.3, 0.4) is 0 Å². The van der Waals surface area contributed by atoms with E-state index in [0.717, 1.165) is 43.8 Å². The molecule has 0 bridgehead atoms. The standard InChI is InChI=1S/C25H33N3O4/c1-27(2)16-8-17-28-24(21-12-14-22(15-13-21)25(29)30-3)32-23(26-28)11-7-18-31-19-20-9-5-4-6-10-20/h4-6,9-10,12-15,24H,7-8,11,16-19H2,1-3H3. The number of ether oxygens (including phenoxy) is 3. The topological polar surface area (TPSA) is 63.6 Å². The van der Waals surface area contributed by atoms with E-state index < -0.39 is 0 Å². The van der Waals surface area contributed by atoms with Gasteiger partial charge in [-0.15, -0.1) is 5.10 Å². The molecule has 1 aliphatic heterocycles. The third-order valence-electron chi connectivity index (χ3n) is 5.16. The van der Waals surface area contributed by atoms with Crippen LogP contribution >= 0.6 is 0 Å². The molecule has 3 rings (SSSR count). The van der Waals surface area contributed by atoms with Crippen LogP contribution in [-0.2, 0) is 20.8 Å². The molecule has 172 valence electrons. The molecule has 1 atom stereocenters. The Kier molecular flexibility index (Phi) is 9.07. The van der Waals surface area contributed by atoms with Gasteiger partial charge >= 0.3 is 5.97 Å². The minimum absolute atomic E-state index is 0.288. The van der Waals surface area contributed by atoms with Gasteiger partial charge in [-0.05, 0) is 51.2 Å². The molecule has 1 heterocycles. The zero-order valence-corrected chi connectivity index (χ0v) is 19.2. The lowest BCUT2D eigenvalue weighted by Crippen LogP contribution is -2.25. The van der Waals surface area contributed by atoms with E-state index >= 15 is 0 Å². The zero-order chi connectivity index (χ0) is 22.8. The lowest BCUT2D eigenvalue weighted by atomic mass is 10.1. The normalized spacial score (nSPS) is 15.6. The molecule has 0 saturated heterocycles. The van der Waals surface area contributed by atoms with Crippen molar-refractivity contribution in [2.24, 2.45) is 5.10 Å². The Balaban J connectivity index is 1.54. The number of benzene rings is 2. The molecule has 7 heteroatoms. The number of hydrogen-bond donors (Lipinski definition) is 0. The summed E-state index contributed by atoms with van der Waals surface area (Å²) >= 11 is 0. The van der Waals surface area contributed by atoms with E-state index in [2.05, 4.69) is 31.1 Å². The maximum Gasteiger partial charge on any atom is 0.337 e. The Morgan fingerprint density at radius 2 is 1.84 bits per heavy atom. The monoisotopic (exact) mass is 439 g/mol. The van der Waals surface area contributed by atoms with Crippen molar-refractivity contribution in [3.05, 3.63) is 71.3 Å². The molecule has 2 aromatic carbocycles. The third-order valence-corrected chi connectivity index (χ3v) is 5.16. The summed E-state index contributed by atoms with van der Waals surface area (Å²) in [6, 6.07) is 17.5. The summed E-state index contributed by atoms with van der Waals surface area (Å²) in [5, 5.41) is 6.73. The van der Waals surface area contributed by atoms with E-state index in [4.69, 9.17) is 19.3 Å². The van der Waals surface area contributed by atoms with E-state index in [-0.39, 0.29) is 12.2 Å². The molecule has 0 fully saturated rings. The zero-order valence-electron chi connectivity index (χ0n) is 19.2. The fourth-order valence-corrected chi connectivity index (χ4v) is 3.47. The SMILES string of the molecule is COC(=O)c1ccc(C2OC(CCCOCc3ccccc3)=NN2CCCN(C)C)cc1. The minimum atomic E-state index is -0.348. The molecule has 7 nitrogen and oxygen atoms in total. The highest BCUT2D eigenvalue weighted by Crippen LogP contribution is 2.29. The molecule has 0 spiro atoms. The van der Waals surface area contributed by atoms with Crippen LogP contribution in [0.4, 0.5) is 0 Å². The number of hydrazone groups is 1. The van der Waals surface area contributed by atoms with Gasteiger partial charge in [0.15, 0.2) is 0 Å². The van der Waals surface area contributed by atoms with Crippen molar-refractivity contribution in [3.63, 3.8) is 0 Å². The third kappa shape index (κ3) is 7.07. The first-order valence-corrected chi connectivity index (χ1v) is 11.0. The summed E-state index contributed by atoms with van der Waals surface area (Å²) in [5.41, 5.74) is 2.65. The van der Waals surface area contributed by atoms with Crippen LogP contribution in [0, 0.1) is 0 Å². The highest BCUT2D eigenvalue weighted by molar-refractivity contribution is 5.89. The Bertz CT molecular complexity index is 869. The van der Waals surface area contributed by atoms with E-state index in [1.54, 1.807) is 12.1 Å². The van der Waals surface area contributed by atoms with Crippen molar-refractivity contribution in [2.75, 3.05) is 40.9 Å². The second-order valence-electron chi connectivity index (χ2n) is 8.04. The Morgan fingerprint density at radius 1 is 1.09 bits per heavy atom.